The van der Waals surface area contributed by atoms with Gasteiger partial charge in [0, 0.05) is 16.3 Å². The number of H-pyrrole nitrogens is 1. The van der Waals surface area contributed by atoms with E-state index in [1.54, 1.807) is 24.3 Å². The lowest BCUT2D eigenvalue weighted by Crippen LogP contribution is -2.32. The zero-order chi connectivity index (χ0) is 25.1. The SMILES string of the molecule is C=C=C(C)C(C)N(C(=C)C)c1nc2ccc(-c3noc(COC(=O)c4ccc(Cl)cc4)n3)cc2[nH]1. The lowest BCUT2D eigenvalue weighted by Gasteiger charge is -2.28. The van der Waals surface area contributed by atoms with Crippen LogP contribution in [0, 0.1) is 0 Å². The summed E-state index contributed by atoms with van der Waals surface area (Å²) in [6.07, 6.45) is 0. The molecule has 0 aliphatic heterocycles. The molecule has 8 nitrogen and oxygen atoms in total. The number of nitrogens with zero attached hydrogens (tertiary/aromatic N) is 4. The van der Waals surface area contributed by atoms with Crippen LogP contribution in [0.5, 0.6) is 0 Å². The summed E-state index contributed by atoms with van der Waals surface area (Å²) in [7, 11) is 0. The van der Waals surface area contributed by atoms with Crippen LogP contribution < -0.4 is 4.90 Å². The van der Waals surface area contributed by atoms with Crippen LogP contribution in [-0.2, 0) is 11.3 Å². The summed E-state index contributed by atoms with van der Waals surface area (Å²) < 4.78 is 10.5. The molecular weight excluding hydrogens is 466 g/mol. The Balaban J connectivity index is 1.52. The average Bonchev–Trinajstić information content (AvgIpc) is 3.48. The highest BCUT2D eigenvalue weighted by Gasteiger charge is 2.21. The molecule has 0 saturated heterocycles. The molecule has 1 N–H and O–H groups in total. The molecule has 9 heteroatoms. The quantitative estimate of drug-likeness (QED) is 0.236. The van der Waals surface area contributed by atoms with Crippen LogP contribution in [0.1, 0.15) is 37.0 Å². The van der Waals surface area contributed by atoms with Crippen LogP contribution in [0.25, 0.3) is 22.4 Å². The van der Waals surface area contributed by atoms with Crippen molar-refractivity contribution < 1.29 is 14.1 Å². The highest BCUT2D eigenvalue weighted by Crippen LogP contribution is 2.27. The van der Waals surface area contributed by atoms with Gasteiger partial charge in [0.15, 0.2) is 6.61 Å². The van der Waals surface area contributed by atoms with Crippen molar-refractivity contribution in [2.75, 3.05) is 4.90 Å². The molecule has 1 unspecified atom stereocenters. The second-order valence-electron chi connectivity index (χ2n) is 8.03. The van der Waals surface area contributed by atoms with E-state index >= 15 is 0 Å². The molecule has 0 spiro atoms. The lowest BCUT2D eigenvalue weighted by atomic mass is 10.1. The predicted molar refractivity (Wildman–Crippen MR) is 135 cm³/mol. The van der Waals surface area contributed by atoms with Crippen LogP contribution in [0.3, 0.4) is 0 Å². The Labute approximate surface area is 207 Å². The molecule has 0 bridgehead atoms. The van der Waals surface area contributed by atoms with Gasteiger partial charge in [-0.25, -0.2) is 9.78 Å². The first-order valence-corrected chi connectivity index (χ1v) is 11.2. The van der Waals surface area contributed by atoms with Crippen molar-refractivity contribution in [3.05, 3.63) is 89.1 Å². The molecule has 0 fully saturated rings. The van der Waals surface area contributed by atoms with E-state index in [4.69, 9.17) is 25.8 Å². The molecule has 0 aliphatic rings. The third-order valence-corrected chi connectivity index (χ3v) is 5.79. The third-order valence-electron chi connectivity index (χ3n) is 5.53. The number of esters is 1. The second kappa shape index (κ2) is 10.0. The number of fused-ring (bicyclic) bond motifs is 1. The molecule has 2 aromatic carbocycles. The highest BCUT2D eigenvalue weighted by atomic mass is 35.5. The molecular formula is C26H24ClN5O3. The molecule has 35 heavy (non-hydrogen) atoms. The zero-order valence-electron chi connectivity index (χ0n) is 19.6. The summed E-state index contributed by atoms with van der Waals surface area (Å²) >= 11 is 5.85. The van der Waals surface area contributed by atoms with Crippen molar-refractivity contribution >= 4 is 34.6 Å². The number of carbonyl (C=O) groups excluding carboxylic acids is 1. The minimum Gasteiger partial charge on any atom is -0.452 e. The van der Waals surface area contributed by atoms with Crippen molar-refractivity contribution in [3.63, 3.8) is 0 Å². The topological polar surface area (TPSA) is 97.1 Å². The maximum atomic E-state index is 12.2. The Hall–Kier alpha value is -4.13. The Kier molecular flexibility index (Phi) is 6.87. The van der Waals surface area contributed by atoms with Gasteiger partial charge in [-0.1, -0.05) is 29.9 Å². The maximum Gasteiger partial charge on any atom is 0.338 e. The molecule has 2 aromatic heterocycles. The fourth-order valence-corrected chi connectivity index (χ4v) is 3.64. The van der Waals surface area contributed by atoms with Gasteiger partial charge in [-0.3, -0.25) is 0 Å². The fourth-order valence-electron chi connectivity index (χ4n) is 3.51. The Bertz CT molecular complexity index is 1450. The smallest absolute Gasteiger partial charge is 0.338 e. The van der Waals surface area contributed by atoms with E-state index in [1.165, 1.54) is 0 Å². The van der Waals surface area contributed by atoms with Crippen LogP contribution in [0.15, 0.2) is 77.1 Å². The molecule has 2 heterocycles. The monoisotopic (exact) mass is 489 g/mol. The first-order valence-electron chi connectivity index (χ1n) is 10.8. The third kappa shape index (κ3) is 5.19. The number of ether oxygens (including phenoxy) is 1. The summed E-state index contributed by atoms with van der Waals surface area (Å²) in [6, 6.07) is 12.0. The fraction of sp³-hybridized carbons (Fsp3) is 0.192. The van der Waals surface area contributed by atoms with Crippen LogP contribution in [0.2, 0.25) is 5.02 Å². The number of rotatable bonds is 8. The van der Waals surface area contributed by atoms with Gasteiger partial charge in [-0.05, 0) is 68.8 Å². The van der Waals surface area contributed by atoms with Gasteiger partial charge in [-0.2, -0.15) is 4.98 Å². The Morgan fingerprint density at radius 1 is 1.23 bits per heavy atom. The predicted octanol–water partition coefficient (Wildman–Crippen LogP) is 6.08. The van der Waals surface area contributed by atoms with Crippen LogP contribution in [0.4, 0.5) is 5.95 Å². The standard InChI is InChI=1S/C26H24ClN5O3/c1-6-16(4)17(5)32(15(2)3)26-28-21-12-9-19(13-22(21)29-26)24-30-23(35-31-24)14-34-25(33)18-7-10-20(27)11-8-18/h7-13,17H,1-2,14H2,3-5H3,(H,28,29). The molecule has 0 amide bonds. The minimum absolute atomic E-state index is 0.0135. The van der Waals surface area contributed by atoms with Crippen LogP contribution >= 0.6 is 11.6 Å². The molecule has 4 aromatic rings. The normalized spacial score (nSPS) is 11.7. The van der Waals surface area contributed by atoms with E-state index in [-0.39, 0.29) is 18.5 Å². The summed E-state index contributed by atoms with van der Waals surface area (Å²) in [6.45, 7) is 13.6. The second-order valence-corrected chi connectivity index (χ2v) is 8.46. The first kappa shape index (κ1) is 24.0. The van der Waals surface area contributed by atoms with Crippen molar-refractivity contribution in [2.24, 2.45) is 0 Å². The summed E-state index contributed by atoms with van der Waals surface area (Å²) in [4.78, 5) is 26.6. The first-order chi connectivity index (χ1) is 16.8. The molecule has 1 atom stereocenters. The van der Waals surface area contributed by atoms with Gasteiger partial charge >= 0.3 is 5.97 Å². The number of hydrogen-bond acceptors (Lipinski definition) is 7. The molecule has 0 aliphatic carbocycles. The molecule has 0 saturated carbocycles. The number of halogens is 1. The Morgan fingerprint density at radius 2 is 1.97 bits per heavy atom. The number of imidazole rings is 1. The minimum atomic E-state index is -0.509. The van der Waals surface area contributed by atoms with Crippen molar-refractivity contribution in [1.82, 2.24) is 20.1 Å². The van der Waals surface area contributed by atoms with Crippen molar-refractivity contribution in [1.29, 1.82) is 0 Å². The number of aromatic amines is 1. The number of nitrogens with one attached hydrogen (secondary N) is 1. The van der Waals surface area contributed by atoms with E-state index in [1.807, 2.05) is 43.9 Å². The number of benzene rings is 2. The van der Waals surface area contributed by atoms with Gasteiger partial charge < -0.3 is 19.1 Å². The number of allylic oxidation sites excluding steroid dienone is 1. The lowest BCUT2D eigenvalue weighted by molar-refractivity contribution is 0.0430. The van der Waals surface area contributed by atoms with Gasteiger partial charge in [0.05, 0.1) is 22.6 Å². The summed E-state index contributed by atoms with van der Waals surface area (Å²) in [5, 5.41) is 4.55. The summed E-state index contributed by atoms with van der Waals surface area (Å²) in [5.74, 6) is 0.707. The van der Waals surface area contributed by atoms with E-state index in [9.17, 15) is 4.79 Å². The number of anilines is 1. The highest BCUT2D eigenvalue weighted by molar-refractivity contribution is 6.30. The molecule has 178 valence electrons. The van der Waals surface area contributed by atoms with E-state index in [2.05, 4.69) is 34.0 Å². The van der Waals surface area contributed by atoms with Crippen LogP contribution in [-0.4, -0.2) is 32.1 Å². The number of aromatic nitrogens is 4. The van der Waals surface area contributed by atoms with E-state index in [0.29, 0.717) is 22.4 Å². The average molecular weight is 490 g/mol. The van der Waals surface area contributed by atoms with Gasteiger partial charge in [-0.15, -0.1) is 5.73 Å². The van der Waals surface area contributed by atoms with Gasteiger partial charge in [0.1, 0.15) is 0 Å². The Morgan fingerprint density at radius 3 is 2.66 bits per heavy atom. The summed E-state index contributed by atoms with van der Waals surface area (Å²) in [5.41, 5.74) is 7.45. The number of hydrogen-bond donors (Lipinski definition) is 1. The number of carbonyl (C=O) groups is 1. The van der Waals surface area contributed by atoms with Crippen molar-refractivity contribution in [2.45, 2.75) is 33.4 Å². The molecule has 4 rings (SSSR count). The van der Waals surface area contributed by atoms with E-state index in [0.717, 1.165) is 27.9 Å². The molecule has 0 radical (unpaired) electrons. The van der Waals surface area contributed by atoms with Gasteiger partial charge in [0.2, 0.25) is 11.8 Å². The maximum absolute atomic E-state index is 12.2. The largest absolute Gasteiger partial charge is 0.452 e. The van der Waals surface area contributed by atoms with Crippen molar-refractivity contribution in [3.8, 4) is 11.4 Å². The van der Waals surface area contributed by atoms with Gasteiger partial charge in [0.25, 0.3) is 5.89 Å². The van der Waals surface area contributed by atoms with E-state index < -0.39 is 5.97 Å². The zero-order valence-corrected chi connectivity index (χ0v) is 20.4.